The lowest BCUT2D eigenvalue weighted by molar-refractivity contribution is 0.00331. The Morgan fingerprint density at radius 1 is 1.47 bits per heavy atom. The first kappa shape index (κ1) is 13.7. The van der Waals surface area contributed by atoms with Crippen molar-refractivity contribution in [1.82, 2.24) is 0 Å². The third-order valence-electron chi connectivity index (χ3n) is 2.87. The van der Waals surface area contributed by atoms with Gasteiger partial charge in [-0.2, -0.15) is 23.5 Å². The second-order valence-corrected chi connectivity index (χ2v) is 7.05. The molecule has 1 rings (SSSR count). The number of hydrogen-bond acceptors (Lipinski definition) is 4. The molecule has 90 valence electrons. The summed E-state index contributed by atoms with van der Waals surface area (Å²) in [5.41, 5.74) is -0.104. The minimum Gasteiger partial charge on any atom is -0.392 e. The molecule has 1 fully saturated rings. The maximum absolute atomic E-state index is 10.0. The van der Waals surface area contributed by atoms with Crippen molar-refractivity contribution in [3.63, 3.8) is 0 Å². The third kappa shape index (κ3) is 4.98. The number of methoxy groups -OCH3 is 1. The highest BCUT2D eigenvalue weighted by atomic mass is 32.2. The van der Waals surface area contributed by atoms with Crippen LogP contribution in [0.2, 0.25) is 0 Å². The topological polar surface area (TPSA) is 29.5 Å². The minimum absolute atomic E-state index is 0.104. The Kier molecular flexibility index (Phi) is 5.82. The van der Waals surface area contributed by atoms with E-state index in [-0.39, 0.29) is 11.7 Å². The molecule has 0 aliphatic carbocycles. The SMILES string of the molecule is COC(C)(C)CCC(O)C1CSCCS1. The van der Waals surface area contributed by atoms with Gasteiger partial charge in [0.2, 0.25) is 0 Å². The lowest BCUT2D eigenvalue weighted by Gasteiger charge is -2.29. The molecule has 1 saturated heterocycles. The van der Waals surface area contributed by atoms with Gasteiger partial charge in [-0.15, -0.1) is 0 Å². The summed E-state index contributed by atoms with van der Waals surface area (Å²) in [7, 11) is 1.73. The Morgan fingerprint density at radius 2 is 2.20 bits per heavy atom. The summed E-state index contributed by atoms with van der Waals surface area (Å²) in [6.45, 7) is 4.14. The van der Waals surface area contributed by atoms with E-state index in [0.29, 0.717) is 5.25 Å². The number of thioether (sulfide) groups is 2. The molecule has 2 unspecified atom stereocenters. The van der Waals surface area contributed by atoms with Crippen molar-refractivity contribution in [2.75, 3.05) is 24.4 Å². The van der Waals surface area contributed by atoms with Gasteiger partial charge in [0.1, 0.15) is 0 Å². The van der Waals surface area contributed by atoms with Gasteiger partial charge in [-0.05, 0) is 26.7 Å². The molecule has 4 heteroatoms. The van der Waals surface area contributed by atoms with E-state index in [9.17, 15) is 5.11 Å². The summed E-state index contributed by atoms with van der Waals surface area (Å²) >= 11 is 3.88. The van der Waals surface area contributed by atoms with Gasteiger partial charge < -0.3 is 9.84 Å². The fourth-order valence-corrected chi connectivity index (χ4v) is 4.32. The number of hydrogen-bond donors (Lipinski definition) is 1. The van der Waals surface area contributed by atoms with Crippen LogP contribution in [0.5, 0.6) is 0 Å². The molecule has 15 heavy (non-hydrogen) atoms. The second-order valence-electron chi connectivity index (χ2n) is 4.55. The molecule has 0 aromatic rings. The minimum atomic E-state index is -0.169. The number of rotatable bonds is 5. The van der Waals surface area contributed by atoms with Crippen LogP contribution in [0.25, 0.3) is 0 Å². The van der Waals surface area contributed by atoms with Crippen molar-refractivity contribution in [3.8, 4) is 0 Å². The molecule has 0 saturated carbocycles. The van der Waals surface area contributed by atoms with Gasteiger partial charge in [-0.25, -0.2) is 0 Å². The zero-order valence-electron chi connectivity index (χ0n) is 9.86. The van der Waals surface area contributed by atoms with E-state index in [1.165, 1.54) is 11.5 Å². The molecule has 1 aliphatic heterocycles. The van der Waals surface area contributed by atoms with Crippen molar-refractivity contribution in [1.29, 1.82) is 0 Å². The van der Waals surface area contributed by atoms with Gasteiger partial charge in [0.15, 0.2) is 0 Å². The van der Waals surface area contributed by atoms with Crippen LogP contribution in [0, 0.1) is 0 Å². The van der Waals surface area contributed by atoms with Crippen LogP contribution < -0.4 is 0 Å². The molecule has 0 spiro atoms. The van der Waals surface area contributed by atoms with Crippen LogP contribution in [-0.4, -0.2) is 46.4 Å². The monoisotopic (exact) mass is 250 g/mol. The molecule has 0 amide bonds. The van der Waals surface area contributed by atoms with Crippen LogP contribution in [0.3, 0.4) is 0 Å². The van der Waals surface area contributed by atoms with E-state index in [1.54, 1.807) is 7.11 Å². The zero-order valence-corrected chi connectivity index (χ0v) is 11.5. The van der Waals surface area contributed by atoms with Gasteiger partial charge >= 0.3 is 0 Å². The van der Waals surface area contributed by atoms with E-state index >= 15 is 0 Å². The Morgan fingerprint density at radius 3 is 2.73 bits per heavy atom. The number of aliphatic hydroxyl groups excluding tert-OH is 1. The average Bonchev–Trinajstić information content (AvgIpc) is 2.27. The predicted octanol–water partition coefficient (Wildman–Crippen LogP) is 2.40. The van der Waals surface area contributed by atoms with Gasteiger partial charge in [0, 0.05) is 29.6 Å². The normalized spacial score (nSPS) is 25.2. The first-order valence-corrected chi connectivity index (χ1v) is 7.68. The summed E-state index contributed by atoms with van der Waals surface area (Å²) in [4.78, 5) is 0. The first-order chi connectivity index (χ1) is 7.05. The van der Waals surface area contributed by atoms with Gasteiger partial charge in [0.25, 0.3) is 0 Å². The van der Waals surface area contributed by atoms with Crippen LogP contribution in [0.15, 0.2) is 0 Å². The molecule has 0 aromatic heterocycles. The third-order valence-corrected chi connectivity index (χ3v) is 5.77. The Bertz CT molecular complexity index is 179. The summed E-state index contributed by atoms with van der Waals surface area (Å²) in [5, 5.41) is 10.5. The molecule has 1 N–H and O–H groups in total. The van der Waals surface area contributed by atoms with Crippen LogP contribution in [0.1, 0.15) is 26.7 Å². The molecule has 1 heterocycles. The second kappa shape index (κ2) is 6.38. The molecule has 0 aromatic carbocycles. The van der Waals surface area contributed by atoms with E-state index < -0.39 is 0 Å². The van der Waals surface area contributed by atoms with Crippen LogP contribution >= 0.6 is 23.5 Å². The maximum Gasteiger partial charge on any atom is 0.0667 e. The Hall–Kier alpha value is 0.620. The highest BCUT2D eigenvalue weighted by molar-refractivity contribution is 8.06. The fraction of sp³-hybridized carbons (Fsp3) is 1.00. The molecule has 2 nitrogen and oxygen atoms in total. The fourth-order valence-electron chi connectivity index (χ4n) is 1.51. The molecule has 1 aliphatic rings. The van der Waals surface area contributed by atoms with E-state index in [2.05, 4.69) is 13.8 Å². The van der Waals surface area contributed by atoms with E-state index in [4.69, 9.17) is 4.74 Å². The van der Waals surface area contributed by atoms with E-state index in [0.717, 1.165) is 18.6 Å². The lowest BCUT2D eigenvalue weighted by Crippen LogP contribution is -2.32. The molecule has 0 bridgehead atoms. The number of ether oxygens (including phenoxy) is 1. The van der Waals surface area contributed by atoms with E-state index in [1.807, 2.05) is 23.5 Å². The lowest BCUT2D eigenvalue weighted by atomic mass is 9.99. The van der Waals surface area contributed by atoms with Gasteiger partial charge in [0.05, 0.1) is 11.7 Å². The largest absolute Gasteiger partial charge is 0.392 e. The average molecular weight is 250 g/mol. The quantitative estimate of drug-likeness (QED) is 0.811. The van der Waals surface area contributed by atoms with Gasteiger partial charge in [-0.1, -0.05) is 0 Å². The molecular formula is C11H22O2S2. The van der Waals surface area contributed by atoms with Crippen molar-refractivity contribution >= 4 is 23.5 Å². The van der Waals surface area contributed by atoms with Crippen LogP contribution in [-0.2, 0) is 4.74 Å². The van der Waals surface area contributed by atoms with Crippen molar-refractivity contribution in [2.24, 2.45) is 0 Å². The summed E-state index contributed by atoms with van der Waals surface area (Å²) in [6.07, 6.45) is 1.60. The molecule has 0 radical (unpaired) electrons. The van der Waals surface area contributed by atoms with Crippen molar-refractivity contribution in [2.45, 2.75) is 43.6 Å². The Labute approximate surface area is 102 Å². The first-order valence-electron chi connectivity index (χ1n) is 5.48. The van der Waals surface area contributed by atoms with Crippen molar-refractivity contribution < 1.29 is 9.84 Å². The molecular weight excluding hydrogens is 228 g/mol. The highest BCUT2D eigenvalue weighted by Crippen LogP contribution is 2.29. The standard InChI is InChI=1S/C11H22O2S2/c1-11(2,13-3)5-4-9(12)10-8-14-6-7-15-10/h9-10,12H,4-8H2,1-3H3. The summed E-state index contributed by atoms with van der Waals surface area (Å²) < 4.78 is 5.35. The van der Waals surface area contributed by atoms with Crippen molar-refractivity contribution in [3.05, 3.63) is 0 Å². The predicted molar refractivity (Wildman–Crippen MR) is 69.9 cm³/mol. The molecule has 2 atom stereocenters. The maximum atomic E-state index is 10.0. The summed E-state index contributed by atoms with van der Waals surface area (Å²) in [5.74, 6) is 3.51. The Balaban J connectivity index is 2.25. The number of aliphatic hydroxyl groups is 1. The smallest absolute Gasteiger partial charge is 0.0667 e. The van der Waals surface area contributed by atoms with Crippen LogP contribution in [0.4, 0.5) is 0 Å². The zero-order chi connectivity index (χ0) is 11.3. The van der Waals surface area contributed by atoms with Gasteiger partial charge in [-0.3, -0.25) is 0 Å². The highest BCUT2D eigenvalue weighted by Gasteiger charge is 2.25. The summed E-state index contributed by atoms with van der Waals surface area (Å²) in [6, 6.07) is 0.